The van der Waals surface area contributed by atoms with Gasteiger partial charge in [0.25, 0.3) is 5.91 Å². The van der Waals surface area contributed by atoms with Gasteiger partial charge in [0.1, 0.15) is 5.76 Å². The molecule has 2 rings (SSSR count). The highest BCUT2D eigenvalue weighted by Crippen LogP contribution is 2.38. The molecular formula is C16H20BrNO2. The van der Waals surface area contributed by atoms with Crippen LogP contribution in [0, 0.1) is 5.92 Å². The Morgan fingerprint density at radius 2 is 2.05 bits per heavy atom. The number of aliphatic hydroxyl groups excluding tert-OH is 1. The van der Waals surface area contributed by atoms with Crippen LogP contribution in [0.2, 0.25) is 0 Å². The van der Waals surface area contributed by atoms with Crippen molar-refractivity contribution < 1.29 is 9.90 Å². The monoisotopic (exact) mass is 337 g/mol. The molecule has 1 aliphatic heterocycles. The average Bonchev–Trinajstić information content (AvgIpc) is 2.62. The molecule has 1 aromatic rings. The number of carbonyl (C=O) groups is 1. The minimum atomic E-state index is -0.699. The van der Waals surface area contributed by atoms with Gasteiger partial charge in [0.05, 0.1) is 11.1 Å². The summed E-state index contributed by atoms with van der Waals surface area (Å²) in [4.78, 5) is 12.3. The third-order valence-electron chi connectivity index (χ3n) is 4.19. The highest BCUT2D eigenvalue weighted by Gasteiger charge is 2.44. The summed E-state index contributed by atoms with van der Waals surface area (Å²) in [5.41, 5.74) is 1.60. The van der Waals surface area contributed by atoms with Gasteiger partial charge in [0.2, 0.25) is 0 Å². The Balaban J connectivity index is 2.57. The lowest BCUT2D eigenvalue weighted by Crippen LogP contribution is -2.46. The zero-order valence-electron chi connectivity index (χ0n) is 12.2. The van der Waals surface area contributed by atoms with E-state index in [0.717, 1.165) is 16.5 Å². The van der Waals surface area contributed by atoms with Crippen molar-refractivity contribution in [2.75, 3.05) is 0 Å². The lowest BCUT2D eigenvalue weighted by Gasteiger charge is -2.29. The number of nitrogens with one attached hydrogen (secondary N) is 1. The van der Waals surface area contributed by atoms with Gasteiger partial charge < -0.3 is 10.4 Å². The van der Waals surface area contributed by atoms with E-state index in [-0.39, 0.29) is 17.6 Å². The number of aryl methyl sites for hydroxylation is 1. The van der Waals surface area contributed by atoms with Gasteiger partial charge in [-0.15, -0.1) is 0 Å². The van der Waals surface area contributed by atoms with Gasteiger partial charge in [-0.25, -0.2) is 0 Å². The van der Waals surface area contributed by atoms with Crippen LogP contribution in [0.3, 0.4) is 0 Å². The van der Waals surface area contributed by atoms with Crippen LogP contribution in [0.15, 0.2) is 28.4 Å². The first-order valence-electron chi connectivity index (χ1n) is 6.86. The smallest absolute Gasteiger partial charge is 0.256 e. The van der Waals surface area contributed by atoms with E-state index in [1.165, 1.54) is 5.56 Å². The SMILES string of the molecule is CCc1ccc(C2=C(O)C(C)(C(C)C)NC2=O)c(Br)c1. The number of halogens is 1. The van der Waals surface area contributed by atoms with Gasteiger partial charge in [0, 0.05) is 10.0 Å². The van der Waals surface area contributed by atoms with Gasteiger partial charge in [-0.05, 0) is 30.9 Å². The van der Waals surface area contributed by atoms with E-state index in [1.807, 2.05) is 39.0 Å². The second-order valence-corrected chi connectivity index (χ2v) is 6.56. The molecule has 1 unspecified atom stereocenters. The molecule has 0 aliphatic carbocycles. The van der Waals surface area contributed by atoms with E-state index >= 15 is 0 Å². The average molecular weight is 338 g/mol. The van der Waals surface area contributed by atoms with Crippen molar-refractivity contribution >= 4 is 27.4 Å². The number of carbonyl (C=O) groups excluding carboxylic acids is 1. The van der Waals surface area contributed by atoms with Crippen molar-refractivity contribution in [3.8, 4) is 0 Å². The zero-order valence-corrected chi connectivity index (χ0v) is 13.8. The van der Waals surface area contributed by atoms with Crippen molar-refractivity contribution in [2.24, 2.45) is 5.92 Å². The summed E-state index contributed by atoms with van der Waals surface area (Å²) >= 11 is 3.50. The van der Waals surface area contributed by atoms with Crippen molar-refractivity contribution in [3.63, 3.8) is 0 Å². The molecule has 0 saturated carbocycles. The summed E-state index contributed by atoms with van der Waals surface area (Å²) in [5.74, 6) is 0.0173. The van der Waals surface area contributed by atoms with E-state index in [4.69, 9.17) is 0 Å². The van der Waals surface area contributed by atoms with Crippen LogP contribution >= 0.6 is 15.9 Å². The molecule has 1 aromatic carbocycles. The third kappa shape index (κ3) is 2.26. The molecule has 2 N–H and O–H groups in total. The fourth-order valence-electron chi connectivity index (χ4n) is 2.37. The molecule has 0 aromatic heterocycles. The maximum atomic E-state index is 12.3. The maximum absolute atomic E-state index is 12.3. The first-order chi connectivity index (χ1) is 9.31. The van der Waals surface area contributed by atoms with Gasteiger partial charge in [-0.1, -0.05) is 48.8 Å². The first kappa shape index (κ1) is 15.1. The molecule has 1 amide bonds. The van der Waals surface area contributed by atoms with Crippen LogP contribution in [-0.2, 0) is 11.2 Å². The topological polar surface area (TPSA) is 49.3 Å². The highest BCUT2D eigenvalue weighted by atomic mass is 79.9. The van der Waals surface area contributed by atoms with Gasteiger partial charge in [-0.2, -0.15) is 0 Å². The van der Waals surface area contributed by atoms with E-state index < -0.39 is 5.54 Å². The molecule has 0 spiro atoms. The molecule has 0 saturated heterocycles. The van der Waals surface area contributed by atoms with Gasteiger partial charge in [0.15, 0.2) is 0 Å². The molecule has 3 nitrogen and oxygen atoms in total. The second kappa shape index (κ2) is 5.24. The van der Waals surface area contributed by atoms with Crippen molar-refractivity contribution in [1.29, 1.82) is 0 Å². The fourth-order valence-corrected chi connectivity index (χ4v) is 3.00. The predicted octanol–water partition coefficient (Wildman–Crippen LogP) is 3.83. The van der Waals surface area contributed by atoms with E-state index in [2.05, 4.69) is 28.2 Å². The van der Waals surface area contributed by atoms with Crippen LogP contribution in [0.5, 0.6) is 0 Å². The van der Waals surface area contributed by atoms with Crippen molar-refractivity contribution in [3.05, 3.63) is 39.6 Å². The number of aliphatic hydroxyl groups is 1. The number of benzene rings is 1. The Kier molecular flexibility index (Phi) is 3.96. The molecule has 1 heterocycles. The summed E-state index contributed by atoms with van der Waals surface area (Å²) < 4.78 is 0.835. The van der Waals surface area contributed by atoms with E-state index in [1.54, 1.807) is 0 Å². The molecular weight excluding hydrogens is 318 g/mol. The number of rotatable bonds is 3. The van der Waals surface area contributed by atoms with Gasteiger partial charge in [-0.3, -0.25) is 4.79 Å². The number of amides is 1. The van der Waals surface area contributed by atoms with Gasteiger partial charge >= 0.3 is 0 Å². The Hall–Kier alpha value is -1.29. The lowest BCUT2D eigenvalue weighted by atomic mass is 9.86. The van der Waals surface area contributed by atoms with Crippen LogP contribution in [-0.4, -0.2) is 16.6 Å². The molecule has 0 fully saturated rings. The standard InChI is InChI=1S/C16H20BrNO2/c1-5-10-6-7-11(12(17)8-10)13-14(19)16(4,9(2)3)18-15(13)20/h6-9,19H,5H2,1-4H3,(H,18,20). The van der Waals surface area contributed by atoms with Crippen LogP contribution < -0.4 is 5.32 Å². The maximum Gasteiger partial charge on any atom is 0.256 e. The molecule has 20 heavy (non-hydrogen) atoms. The Labute approximate surface area is 128 Å². The molecule has 0 radical (unpaired) electrons. The predicted molar refractivity (Wildman–Crippen MR) is 84.5 cm³/mol. The van der Waals surface area contributed by atoms with Crippen LogP contribution in [0.4, 0.5) is 0 Å². The van der Waals surface area contributed by atoms with Crippen molar-refractivity contribution in [2.45, 2.75) is 39.7 Å². The largest absolute Gasteiger partial charge is 0.509 e. The normalized spacial score (nSPS) is 22.6. The molecule has 1 atom stereocenters. The van der Waals surface area contributed by atoms with E-state index in [0.29, 0.717) is 5.57 Å². The summed E-state index contributed by atoms with van der Waals surface area (Å²) in [6.07, 6.45) is 0.930. The third-order valence-corrected chi connectivity index (χ3v) is 4.85. The summed E-state index contributed by atoms with van der Waals surface area (Å²) in [6, 6.07) is 5.87. The fraction of sp³-hybridized carbons (Fsp3) is 0.438. The minimum absolute atomic E-state index is 0.109. The number of hydrogen-bond donors (Lipinski definition) is 2. The molecule has 1 aliphatic rings. The number of hydrogen-bond acceptors (Lipinski definition) is 2. The highest BCUT2D eigenvalue weighted by molar-refractivity contribution is 9.10. The Morgan fingerprint density at radius 3 is 2.50 bits per heavy atom. The molecule has 108 valence electrons. The quantitative estimate of drug-likeness (QED) is 0.880. The lowest BCUT2D eigenvalue weighted by molar-refractivity contribution is -0.116. The first-order valence-corrected chi connectivity index (χ1v) is 7.65. The van der Waals surface area contributed by atoms with Crippen LogP contribution in [0.1, 0.15) is 38.8 Å². The van der Waals surface area contributed by atoms with Crippen LogP contribution in [0.25, 0.3) is 5.57 Å². The molecule has 0 bridgehead atoms. The van der Waals surface area contributed by atoms with Crippen molar-refractivity contribution in [1.82, 2.24) is 5.32 Å². The minimum Gasteiger partial charge on any atom is -0.509 e. The summed E-state index contributed by atoms with van der Waals surface area (Å²) in [5, 5.41) is 13.4. The Morgan fingerprint density at radius 1 is 1.40 bits per heavy atom. The van der Waals surface area contributed by atoms with E-state index in [9.17, 15) is 9.90 Å². The zero-order chi connectivity index (χ0) is 15.1. The second-order valence-electron chi connectivity index (χ2n) is 5.70. The summed E-state index contributed by atoms with van der Waals surface area (Å²) in [7, 11) is 0. The summed E-state index contributed by atoms with van der Waals surface area (Å²) in [6.45, 7) is 7.89. The molecule has 4 heteroatoms. The Bertz CT molecular complexity index is 592.